The predicted molar refractivity (Wildman–Crippen MR) is 79.8 cm³/mol. The van der Waals surface area contributed by atoms with Crippen LogP contribution in [-0.4, -0.2) is 19.3 Å². The maximum Gasteiger partial charge on any atom is 0.134 e. The summed E-state index contributed by atoms with van der Waals surface area (Å²) in [7, 11) is 0. The molecule has 1 N–H and O–H groups in total. The fourth-order valence-corrected chi connectivity index (χ4v) is 2.62. The van der Waals surface area contributed by atoms with Gasteiger partial charge in [-0.1, -0.05) is 23.7 Å². The first-order chi connectivity index (χ1) is 9.81. The van der Waals surface area contributed by atoms with Crippen LogP contribution in [-0.2, 0) is 11.3 Å². The van der Waals surface area contributed by atoms with Crippen LogP contribution >= 0.6 is 11.6 Å². The first kappa shape index (κ1) is 13.7. The van der Waals surface area contributed by atoms with Crippen LogP contribution in [0.15, 0.2) is 40.8 Å². The zero-order chi connectivity index (χ0) is 13.8. The molecule has 1 aliphatic heterocycles. The number of hydrogen-bond acceptors (Lipinski definition) is 3. The van der Waals surface area contributed by atoms with Crippen LogP contribution in [0.3, 0.4) is 0 Å². The fourth-order valence-electron chi connectivity index (χ4n) is 2.43. The van der Waals surface area contributed by atoms with E-state index in [0.717, 1.165) is 48.2 Å². The summed E-state index contributed by atoms with van der Waals surface area (Å²) in [5, 5.41) is 4.09. The van der Waals surface area contributed by atoms with Gasteiger partial charge in [0.05, 0.1) is 12.6 Å². The molecule has 0 bridgehead atoms. The number of halogens is 1. The summed E-state index contributed by atoms with van der Waals surface area (Å²) in [6, 6.07) is 11.7. The second kappa shape index (κ2) is 6.44. The average Bonchev–Trinajstić information content (AvgIpc) is 3.10. The minimum absolute atomic E-state index is 0.359. The molecular formula is C16H18ClNO2. The summed E-state index contributed by atoms with van der Waals surface area (Å²) in [4.78, 5) is 0. The lowest BCUT2D eigenvalue weighted by Gasteiger charge is -2.09. The molecule has 1 aliphatic rings. The zero-order valence-electron chi connectivity index (χ0n) is 11.3. The molecule has 0 amide bonds. The monoisotopic (exact) mass is 291 g/mol. The van der Waals surface area contributed by atoms with Crippen LogP contribution in [0.2, 0.25) is 5.02 Å². The third-order valence-corrected chi connectivity index (χ3v) is 3.70. The standard InChI is InChI=1S/C16H18ClNO2/c17-13-4-1-3-12(9-13)16-7-6-15(20-16)11-18-10-14-5-2-8-19-14/h1,3-4,6-7,9,14,18H,2,5,8,10-11H2/t14-/m1/s1. The van der Waals surface area contributed by atoms with Gasteiger partial charge < -0.3 is 14.5 Å². The number of furan rings is 1. The highest BCUT2D eigenvalue weighted by molar-refractivity contribution is 6.30. The highest BCUT2D eigenvalue weighted by atomic mass is 35.5. The Labute approximate surface area is 123 Å². The molecule has 0 spiro atoms. The van der Waals surface area contributed by atoms with E-state index in [9.17, 15) is 0 Å². The van der Waals surface area contributed by atoms with E-state index in [-0.39, 0.29) is 0 Å². The molecule has 4 heteroatoms. The van der Waals surface area contributed by atoms with E-state index >= 15 is 0 Å². The van der Waals surface area contributed by atoms with Crippen molar-refractivity contribution in [3.05, 3.63) is 47.2 Å². The van der Waals surface area contributed by atoms with E-state index in [4.69, 9.17) is 20.8 Å². The third kappa shape index (κ3) is 3.42. The molecule has 1 saturated heterocycles. The summed E-state index contributed by atoms with van der Waals surface area (Å²) in [5.41, 5.74) is 1.00. The van der Waals surface area contributed by atoms with Crippen molar-refractivity contribution in [2.75, 3.05) is 13.2 Å². The van der Waals surface area contributed by atoms with Gasteiger partial charge in [-0.2, -0.15) is 0 Å². The smallest absolute Gasteiger partial charge is 0.134 e. The number of hydrogen-bond donors (Lipinski definition) is 1. The lowest BCUT2D eigenvalue weighted by atomic mass is 10.2. The molecule has 106 valence electrons. The molecule has 0 aliphatic carbocycles. The minimum Gasteiger partial charge on any atom is -0.460 e. The average molecular weight is 292 g/mol. The maximum absolute atomic E-state index is 5.99. The van der Waals surface area contributed by atoms with Crippen LogP contribution in [0.5, 0.6) is 0 Å². The van der Waals surface area contributed by atoms with Crippen LogP contribution in [0.4, 0.5) is 0 Å². The molecule has 1 atom stereocenters. The third-order valence-electron chi connectivity index (χ3n) is 3.47. The number of nitrogens with one attached hydrogen (secondary N) is 1. The van der Waals surface area contributed by atoms with Crippen molar-refractivity contribution >= 4 is 11.6 Å². The molecule has 3 nitrogen and oxygen atoms in total. The molecule has 0 saturated carbocycles. The Bertz CT molecular complexity index is 561. The second-order valence-corrected chi connectivity index (χ2v) is 5.48. The molecule has 1 aromatic heterocycles. The molecule has 20 heavy (non-hydrogen) atoms. The molecule has 1 aromatic carbocycles. The van der Waals surface area contributed by atoms with Crippen molar-refractivity contribution in [1.29, 1.82) is 0 Å². The molecule has 2 aromatic rings. The number of ether oxygens (including phenoxy) is 1. The number of rotatable bonds is 5. The Morgan fingerprint density at radius 2 is 2.20 bits per heavy atom. The predicted octanol–water partition coefficient (Wildman–Crippen LogP) is 3.87. The van der Waals surface area contributed by atoms with Crippen LogP contribution in [0.25, 0.3) is 11.3 Å². The van der Waals surface area contributed by atoms with Gasteiger partial charge in [0.25, 0.3) is 0 Å². The fraction of sp³-hybridized carbons (Fsp3) is 0.375. The van der Waals surface area contributed by atoms with Crippen LogP contribution in [0.1, 0.15) is 18.6 Å². The topological polar surface area (TPSA) is 34.4 Å². The van der Waals surface area contributed by atoms with Gasteiger partial charge in [-0.25, -0.2) is 0 Å². The Hall–Kier alpha value is -1.29. The van der Waals surface area contributed by atoms with Crippen molar-refractivity contribution in [3.63, 3.8) is 0 Å². The van der Waals surface area contributed by atoms with Crippen LogP contribution in [0, 0.1) is 0 Å². The summed E-state index contributed by atoms with van der Waals surface area (Å²) in [6.07, 6.45) is 2.68. The zero-order valence-corrected chi connectivity index (χ0v) is 12.0. The van der Waals surface area contributed by atoms with Crippen molar-refractivity contribution in [2.45, 2.75) is 25.5 Å². The Balaban J connectivity index is 1.56. The summed E-state index contributed by atoms with van der Waals surface area (Å²) < 4.78 is 11.4. The molecule has 3 rings (SSSR count). The minimum atomic E-state index is 0.359. The van der Waals surface area contributed by atoms with Gasteiger partial charge in [0.2, 0.25) is 0 Å². The maximum atomic E-state index is 5.99. The first-order valence-corrected chi connectivity index (χ1v) is 7.36. The van der Waals surface area contributed by atoms with Crippen LogP contribution < -0.4 is 5.32 Å². The van der Waals surface area contributed by atoms with Gasteiger partial charge in [-0.3, -0.25) is 0 Å². The highest BCUT2D eigenvalue weighted by Gasteiger charge is 2.14. The molecular weight excluding hydrogens is 274 g/mol. The highest BCUT2D eigenvalue weighted by Crippen LogP contribution is 2.24. The quantitative estimate of drug-likeness (QED) is 0.908. The van der Waals surface area contributed by atoms with Gasteiger partial charge >= 0.3 is 0 Å². The van der Waals surface area contributed by atoms with Crippen molar-refractivity contribution in [3.8, 4) is 11.3 Å². The van der Waals surface area contributed by atoms with E-state index in [2.05, 4.69) is 5.32 Å². The van der Waals surface area contributed by atoms with E-state index in [0.29, 0.717) is 6.10 Å². The second-order valence-electron chi connectivity index (χ2n) is 5.04. The van der Waals surface area contributed by atoms with Crippen molar-refractivity contribution < 1.29 is 9.15 Å². The van der Waals surface area contributed by atoms with E-state index in [1.807, 2.05) is 36.4 Å². The van der Waals surface area contributed by atoms with Crippen molar-refractivity contribution in [2.24, 2.45) is 0 Å². The largest absolute Gasteiger partial charge is 0.460 e. The molecule has 1 fully saturated rings. The SMILES string of the molecule is Clc1cccc(-c2ccc(CNC[C@H]3CCCO3)o2)c1. The summed E-state index contributed by atoms with van der Waals surface area (Å²) >= 11 is 5.99. The van der Waals surface area contributed by atoms with Gasteiger partial charge in [0.15, 0.2) is 0 Å². The normalized spacial score (nSPS) is 18.6. The lowest BCUT2D eigenvalue weighted by Crippen LogP contribution is -2.25. The van der Waals surface area contributed by atoms with Gasteiger partial charge in [-0.05, 0) is 37.1 Å². The lowest BCUT2D eigenvalue weighted by molar-refractivity contribution is 0.109. The Morgan fingerprint density at radius 3 is 3.00 bits per heavy atom. The van der Waals surface area contributed by atoms with Crippen molar-refractivity contribution in [1.82, 2.24) is 5.32 Å². The van der Waals surface area contributed by atoms with E-state index in [1.165, 1.54) is 6.42 Å². The molecule has 2 heterocycles. The van der Waals surface area contributed by atoms with Gasteiger partial charge in [-0.15, -0.1) is 0 Å². The van der Waals surface area contributed by atoms with Gasteiger partial charge in [0, 0.05) is 23.7 Å². The summed E-state index contributed by atoms with van der Waals surface area (Å²) in [5.74, 6) is 1.78. The Morgan fingerprint density at radius 1 is 1.25 bits per heavy atom. The van der Waals surface area contributed by atoms with E-state index in [1.54, 1.807) is 0 Å². The van der Waals surface area contributed by atoms with Gasteiger partial charge in [0.1, 0.15) is 11.5 Å². The molecule has 0 radical (unpaired) electrons. The Kier molecular flexibility index (Phi) is 4.41. The number of benzene rings is 1. The summed E-state index contributed by atoms with van der Waals surface area (Å²) in [6.45, 7) is 2.50. The molecule has 0 unspecified atom stereocenters. The first-order valence-electron chi connectivity index (χ1n) is 6.98. The van der Waals surface area contributed by atoms with E-state index < -0.39 is 0 Å².